The Hall–Kier alpha value is -2.14. The number of aryl methyl sites for hydroxylation is 1. The van der Waals surface area contributed by atoms with Gasteiger partial charge in [0, 0.05) is 17.7 Å². The molecule has 0 aromatic heterocycles. The second-order valence-electron chi connectivity index (χ2n) is 10.6. The highest BCUT2D eigenvalue weighted by Crippen LogP contribution is 2.40. The van der Waals surface area contributed by atoms with Crippen LogP contribution in [0.2, 0.25) is 0 Å². The standard InChI is InChI=1S/C31H38F4O/c1-3-5-20-7-10-22(11-8-20)25-17-18-27(31(35)29(25)33)26-16-13-23(28(32)30(26)34)12-15-24-14-9-21(6-4-2)19-36-24/h3,5,13,16-18,20-22,24H,4,6-12,14-15,19H2,1-2H3/b5-3+. The van der Waals surface area contributed by atoms with E-state index in [2.05, 4.69) is 13.0 Å². The lowest BCUT2D eigenvalue weighted by molar-refractivity contribution is -0.0216. The molecule has 0 spiro atoms. The van der Waals surface area contributed by atoms with Gasteiger partial charge in [-0.1, -0.05) is 49.8 Å². The summed E-state index contributed by atoms with van der Waals surface area (Å²) in [4.78, 5) is 0. The monoisotopic (exact) mass is 502 g/mol. The lowest BCUT2D eigenvalue weighted by atomic mass is 9.78. The molecule has 2 aromatic carbocycles. The van der Waals surface area contributed by atoms with Crippen molar-refractivity contribution in [1.29, 1.82) is 0 Å². The summed E-state index contributed by atoms with van der Waals surface area (Å²) < 4.78 is 66.1. The number of hydrogen-bond donors (Lipinski definition) is 0. The second-order valence-corrected chi connectivity index (χ2v) is 10.6. The molecular formula is C31H38F4O. The minimum Gasteiger partial charge on any atom is -0.378 e. The van der Waals surface area contributed by atoms with Crippen LogP contribution in [0.5, 0.6) is 0 Å². The van der Waals surface area contributed by atoms with E-state index in [1.807, 2.05) is 13.0 Å². The van der Waals surface area contributed by atoms with E-state index in [-0.39, 0.29) is 28.7 Å². The predicted molar refractivity (Wildman–Crippen MR) is 137 cm³/mol. The summed E-state index contributed by atoms with van der Waals surface area (Å²) in [6.07, 6.45) is 13.0. The molecule has 2 atom stereocenters. The van der Waals surface area contributed by atoms with Crippen LogP contribution in [-0.2, 0) is 11.2 Å². The van der Waals surface area contributed by atoms with Crippen molar-refractivity contribution in [3.8, 4) is 11.1 Å². The van der Waals surface area contributed by atoms with Crippen LogP contribution >= 0.6 is 0 Å². The smallest absolute Gasteiger partial charge is 0.167 e. The van der Waals surface area contributed by atoms with Crippen LogP contribution in [0.15, 0.2) is 36.4 Å². The first-order valence-electron chi connectivity index (χ1n) is 13.6. The lowest BCUT2D eigenvalue weighted by Gasteiger charge is -2.29. The van der Waals surface area contributed by atoms with Crippen molar-refractivity contribution in [3.63, 3.8) is 0 Å². The summed E-state index contributed by atoms with van der Waals surface area (Å²) in [5.74, 6) is -3.14. The molecule has 196 valence electrons. The molecule has 0 amide bonds. The number of benzene rings is 2. The van der Waals surface area contributed by atoms with Crippen LogP contribution < -0.4 is 0 Å². The Balaban J connectivity index is 1.44. The normalized spacial score (nSPS) is 24.9. The van der Waals surface area contributed by atoms with E-state index in [1.54, 1.807) is 6.07 Å². The average molecular weight is 503 g/mol. The topological polar surface area (TPSA) is 9.23 Å². The Bertz CT molecular complexity index is 1050. The van der Waals surface area contributed by atoms with Gasteiger partial charge in [0.25, 0.3) is 0 Å². The molecule has 2 aliphatic rings. The van der Waals surface area contributed by atoms with Crippen molar-refractivity contribution in [1.82, 2.24) is 0 Å². The number of hydrogen-bond acceptors (Lipinski definition) is 1. The zero-order chi connectivity index (χ0) is 25.7. The third-order valence-corrected chi connectivity index (χ3v) is 8.14. The summed E-state index contributed by atoms with van der Waals surface area (Å²) in [5.41, 5.74) is 0.0963. The Morgan fingerprint density at radius 3 is 2.14 bits per heavy atom. The number of halogens is 4. The van der Waals surface area contributed by atoms with Gasteiger partial charge in [0.05, 0.1) is 6.10 Å². The summed E-state index contributed by atoms with van der Waals surface area (Å²) >= 11 is 0. The fourth-order valence-corrected chi connectivity index (χ4v) is 6.01. The Kier molecular flexibility index (Phi) is 9.27. The number of ether oxygens (including phenoxy) is 1. The first-order valence-corrected chi connectivity index (χ1v) is 13.6. The molecule has 2 unspecified atom stereocenters. The van der Waals surface area contributed by atoms with E-state index in [9.17, 15) is 4.39 Å². The highest BCUT2D eigenvalue weighted by atomic mass is 19.2. The maximum atomic E-state index is 15.1. The van der Waals surface area contributed by atoms with E-state index < -0.39 is 23.3 Å². The quantitative estimate of drug-likeness (QED) is 0.258. The highest BCUT2D eigenvalue weighted by Gasteiger charge is 2.27. The SMILES string of the molecule is C/C=C/C1CCC(c2ccc(-c3ccc(CCC4CCC(CCC)CO4)c(F)c3F)c(F)c2F)CC1. The van der Waals surface area contributed by atoms with Gasteiger partial charge in [-0.05, 0) is 93.6 Å². The summed E-state index contributed by atoms with van der Waals surface area (Å²) in [6.45, 7) is 4.88. The molecule has 1 aliphatic heterocycles. The summed E-state index contributed by atoms with van der Waals surface area (Å²) in [7, 11) is 0. The van der Waals surface area contributed by atoms with Crippen LogP contribution in [0.25, 0.3) is 11.1 Å². The van der Waals surface area contributed by atoms with Crippen LogP contribution in [-0.4, -0.2) is 12.7 Å². The van der Waals surface area contributed by atoms with E-state index in [0.29, 0.717) is 30.2 Å². The lowest BCUT2D eigenvalue weighted by Crippen LogP contribution is -2.26. The molecule has 2 fully saturated rings. The maximum absolute atomic E-state index is 15.1. The molecule has 2 aromatic rings. The van der Waals surface area contributed by atoms with Gasteiger partial charge in [-0.25, -0.2) is 17.6 Å². The first-order chi connectivity index (χ1) is 17.4. The molecule has 1 saturated heterocycles. The van der Waals surface area contributed by atoms with Gasteiger partial charge in [0.1, 0.15) is 0 Å². The number of rotatable bonds is 8. The third kappa shape index (κ3) is 6.04. The van der Waals surface area contributed by atoms with Gasteiger partial charge < -0.3 is 4.74 Å². The summed E-state index contributed by atoms with van der Waals surface area (Å²) in [5, 5.41) is 0. The average Bonchev–Trinajstić information content (AvgIpc) is 2.89. The fraction of sp³-hybridized carbons (Fsp3) is 0.548. The van der Waals surface area contributed by atoms with E-state index in [0.717, 1.165) is 58.0 Å². The maximum Gasteiger partial charge on any atom is 0.167 e. The molecule has 36 heavy (non-hydrogen) atoms. The van der Waals surface area contributed by atoms with Gasteiger partial charge in [-0.3, -0.25) is 0 Å². The van der Waals surface area contributed by atoms with Crippen LogP contribution in [0.1, 0.15) is 88.7 Å². The van der Waals surface area contributed by atoms with Crippen molar-refractivity contribution in [2.24, 2.45) is 11.8 Å². The van der Waals surface area contributed by atoms with Crippen molar-refractivity contribution in [2.75, 3.05) is 6.61 Å². The number of allylic oxidation sites excluding steroid dienone is 2. The van der Waals surface area contributed by atoms with Gasteiger partial charge >= 0.3 is 0 Å². The molecule has 0 bridgehead atoms. The molecule has 1 heterocycles. The fourth-order valence-electron chi connectivity index (χ4n) is 6.01. The summed E-state index contributed by atoms with van der Waals surface area (Å²) in [6, 6.07) is 5.80. The highest BCUT2D eigenvalue weighted by molar-refractivity contribution is 5.66. The van der Waals surface area contributed by atoms with Gasteiger partial charge in [0.2, 0.25) is 0 Å². The Labute approximate surface area is 212 Å². The van der Waals surface area contributed by atoms with Crippen LogP contribution in [0.3, 0.4) is 0 Å². The molecule has 4 rings (SSSR count). The van der Waals surface area contributed by atoms with Crippen LogP contribution in [0.4, 0.5) is 17.6 Å². The Morgan fingerprint density at radius 1 is 0.806 bits per heavy atom. The molecule has 5 heteroatoms. The zero-order valence-electron chi connectivity index (χ0n) is 21.5. The second kappa shape index (κ2) is 12.4. The van der Waals surface area contributed by atoms with Crippen molar-refractivity contribution >= 4 is 0 Å². The third-order valence-electron chi connectivity index (χ3n) is 8.14. The van der Waals surface area contributed by atoms with Crippen LogP contribution in [0, 0.1) is 35.1 Å². The van der Waals surface area contributed by atoms with Crippen molar-refractivity contribution in [3.05, 3.63) is 70.8 Å². The van der Waals surface area contributed by atoms with Crippen molar-refractivity contribution < 1.29 is 22.3 Å². The largest absolute Gasteiger partial charge is 0.378 e. The predicted octanol–water partition coefficient (Wildman–Crippen LogP) is 9.29. The minimum absolute atomic E-state index is 0.0485. The molecule has 1 aliphatic carbocycles. The minimum atomic E-state index is -1.13. The molecule has 1 nitrogen and oxygen atoms in total. The molecule has 1 saturated carbocycles. The van der Waals surface area contributed by atoms with E-state index in [1.165, 1.54) is 18.2 Å². The van der Waals surface area contributed by atoms with Crippen molar-refractivity contribution in [2.45, 2.75) is 90.1 Å². The Morgan fingerprint density at radius 2 is 1.50 bits per heavy atom. The zero-order valence-corrected chi connectivity index (χ0v) is 21.5. The van der Waals surface area contributed by atoms with E-state index in [4.69, 9.17) is 4.74 Å². The molecule has 0 N–H and O–H groups in total. The van der Waals surface area contributed by atoms with Gasteiger partial charge in [-0.15, -0.1) is 0 Å². The van der Waals surface area contributed by atoms with Gasteiger partial charge in [0.15, 0.2) is 23.3 Å². The van der Waals surface area contributed by atoms with Gasteiger partial charge in [-0.2, -0.15) is 0 Å². The molecule has 0 radical (unpaired) electrons. The first kappa shape index (κ1) is 26.9. The van der Waals surface area contributed by atoms with E-state index >= 15 is 13.2 Å². The molecular weight excluding hydrogens is 464 g/mol.